The Morgan fingerprint density at radius 1 is 1.47 bits per heavy atom. The van der Waals surface area contributed by atoms with Gasteiger partial charge < -0.3 is 0 Å². The predicted molar refractivity (Wildman–Crippen MR) is 56.4 cm³/mol. The fourth-order valence-electron chi connectivity index (χ4n) is 0.807. The van der Waals surface area contributed by atoms with Gasteiger partial charge in [0.25, 0.3) is 0 Å². The lowest BCUT2D eigenvalue weighted by Gasteiger charge is -2.04. The summed E-state index contributed by atoms with van der Waals surface area (Å²) in [6, 6.07) is 4.71. The Morgan fingerprint density at radius 3 is 2.80 bits per heavy atom. The number of hydrogen-bond acceptors (Lipinski definition) is 4. The zero-order valence-electron chi connectivity index (χ0n) is 7.60. The van der Waals surface area contributed by atoms with Gasteiger partial charge in [-0.1, -0.05) is 22.5 Å². The monoisotopic (exact) mass is 270 g/mol. The van der Waals surface area contributed by atoms with Crippen molar-refractivity contribution in [3.8, 4) is 5.75 Å². The van der Waals surface area contributed by atoms with Crippen molar-refractivity contribution in [2.75, 3.05) is 0 Å². The second-order valence-electron chi connectivity index (χ2n) is 2.49. The Labute approximate surface area is 94.5 Å². The third-order valence-corrected chi connectivity index (χ3v) is 1.97. The molecule has 15 heavy (non-hydrogen) atoms. The topological polar surface area (TPSA) is 52.6 Å². The van der Waals surface area contributed by atoms with E-state index in [9.17, 15) is 9.59 Å². The van der Waals surface area contributed by atoms with E-state index in [1.807, 2.05) is 0 Å². The number of rotatable bonds is 4. The van der Waals surface area contributed by atoms with Gasteiger partial charge in [-0.15, -0.1) is 0 Å². The molecule has 0 atom stereocenters. The molecule has 1 aromatic carbocycles. The summed E-state index contributed by atoms with van der Waals surface area (Å²) in [4.78, 5) is 30.3. The largest absolute Gasteiger partial charge is 0.378 e. The van der Waals surface area contributed by atoms with Gasteiger partial charge in [-0.2, -0.15) is 0 Å². The van der Waals surface area contributed by atoms with Crippen LogP contribution in [0.1, 0.15) is 10.4 Å². The summed E-state index contributed by atoms with van der Waals surface area (Å²) in [5.41, 5.74) is 0.279. The maximum absolute atomic E-state index is 10.7. The minimum Gasteiger partial charge on any atom is -0.298 e. The van der Waals surface area contributed by atoms with E-state index in [0.29, 0.717) is 6.29 Å². The average Bonchev–Trinajstić information content (AvgIpc) is 2.26. The second kappa shape index (κ2) is 5.31. The molecule has 0 spiro atoms. The third kappa shape index (κ3) is 3.21. The van der Waals surface area contributed by atoms with Gasteiger partial charge in [0.1, 0.15) is 0 Å². The molecular weight excluding hydrogens is 264 g/mol. The van der Waals surface area contributed by atoms with Crippen molar-refractivity contribution in [2.24, 2.45) is 0 Å². The van der Waals surface area contributed by atoms with Crippen LogP contribution in [0.2, 0.25) is 0 Å². The summed E-state index contributed by atoms with van der Waals surface area (Å²) in [6.07, 6.45) is 1.56. The highest BCUT2D eigenvalue weighted by Crippen LogP contribution is 2.21. The number of halogens is 1. The molecule has 0 saturated carbocycles. The van der Waals surface area contributed by atoms with Gasteiger partial charge in [-0.3, -0.25) is 9.68 Å². The molecule has 5 heteroatoms. The van der Waals surface area contributed by atoms with Crippen LogP contribution >= 0.6 is 15.9 Å². The molecular formula is C10H7BrO4. The van der Waals surface area contributed by atoms with Crippen molar-refractivity contribution in [1.29, 1.82) is 0 Å². The van der Waals surface area contributed by atoms with E-state index < -0.39 is 5.97 Å². The maximum Gasteiger partial charge on any atom is 0.378 e. The molecule has 0 N–H and O–H groups in total. The number of hydrogen-bond donors (Lipinski definition) is 0. The van der Waals surface area contributed by atoms with E-state index in [2.05, 4.69) is 32.3 Å². The lowest BCUT2D eigenvalue weighted by molar-refractivity contribution is -0.207. The van der Waals surface area contributed by atoms with Crippen LogP contribution in [0.15, 0.2) is 35.3 Å². The number of carbonyl (C=O) groups is 2. The SMILES string of the molecule is C=CC(=O)OOc1ccc(Br)cc1C=O. The van der Waals surface area contributed by atoms with Crippen LogP contribution < -0.4 is 4.89 Å². The lowest BCUT2D eigenvalue weighted by atomic mass is 10.2. The lowest BCUT2D eigenvalue weighted by Crippen LogP contribution is -2.05. The number of carbonyl (C=O) groups excluding carboxylic acids is 2. The maximum atomic E-state index is 10.7. The van der Waals surface area contributed by atoms with Crippen LogP contribution in [0.3, 0.4) is 0 Å². The fraction of sp³-hybridized carbons (Fsp3) is 0. The van der Waals surface area contributed by atoms with Crippen molar-refractivity contribution in [1.82, 2.24) is 0 Å². The van der Waals surface area contributed by atoms with Crippen LogP contribution in [0.25, 0.3) is 0 Å². The van der Waals surface area contributed by atoms with Crippen molar-refractivity contribution in [3.63, 3.8) is 0 Å². The van der Waals surface area contributed by atoms with Gasteiger partial charge in [0.2, 0.25) is 0 Å². The molecule has 0 aromatic heterocycles. The minimum atomic E-state index is -0.727. The molecule has 0 radical (unpaired) electrons. The first kappa shape index (κ1) is 11.5. The summed E-state index contributed by atoms with van der Waals surface area (Å²) >= 11 is 3.19. The highest BCUT2D eigenvalue weighted by Gasteiger charge is 2.06. The van der Waals surface area contributed by atoms with E-state index in [0.717, 1.165) is 10.5 Å². The van der Waals surface area contributed by atoms with Gasteiger partial charge in [-0.25, -0.2) is 9.68 Å². The first-order chi connectivity index (χ1) is 7.17. The Balaban J connectivity index is 2.80. The highest BCUT2D eigenvalue weighted by molar-refractivity contribution is 9.10. The van der Waals surface area contributed by atoms with Gasteiger partial charge in [-0.05, 0) is 18.2 Å². The van der Waals surface area contributed by atoms with E-state index in [4.69, 9.17) is 0 Å². The molecule has 0 aliphatic heterocycles. The number of aldehydes is 1. The molecule has 1 aromatic rings. The Bertz CT molecular complexity index is 400. The summed E-state index contributed by atoms with van der Waals surface area (Å²) in [7, 11) is 0. The molecule has 1 rings (SSSR count). The van der Waals surface area contributed by atoms with Crippen molar-refractivity contribution in [2.45, 2.75) is 0 Å². The summed E-state index contributed by atoms with van der Waals surface area (Å²) in [5.74, 6) is -0.557. The van der Waals surface area contributed by atoms with Gasteiger partial charge in [0, 0.05) is 10.5 Å². The van der Waals surface area contributed by atoms with Gasteiger partial charge in [0.15, 0.2) is 12.0 Å². The van der Waals surface area contributed by atoms with Gasteiger partial charge >= 0.3 is 5.97 Å². The molecule has 0 bridgehead atoms. The Hall–Kier alpha value is -1.62. The Kier molecular flexibility index (Phi) is 4.05. The van der Waals surface area contributed by atoms with E-state index in [1.165, 1.54) is 6.07 Å². The highest BCUT2D eigenvalue weighted by atomic mass is 79.9. The number of benzene rings is 1. The summed E-state index contributed by atoms with van der Waals surface area (Å²) in [6.45, 7) is 3.20. The molecule has 0 unspecified atom stereocenters. The smallest absolute Gasteiger partial charge is 0.298 e. The normalized spacial score (nSPS) is 9.13. The van der Waals surface area contributed by atoms with Crippen LogP contribution in [0.5, 0.6) is 5.75 Å². The molecule has 0 heterocycles. The zero-order chi connectivity index (χ0) is 11.3. The first-order valence-electron chi connectivity index (χ1n) is 3.93. The van der Waals surface area contributed by atoms with Crippen molar-refractivity contribution < 1.29 is 19.4 Å². The minimum absolute atomic E-state index is 0.170. The standard InChI is InChI=1S/C10H7BrO4/c1-2-10(13)15-14-9-4-3-8(11)5-7(9)6-12/h2-6H,1H2. The van der Waals surface area contributed by atoms with Crippen LogP contribution in [0.4, 0.5) is 0 Å². The molecule has 0 aliphatic rings. The Morgan fingerprint density at radius 2 is 2.20 bits per heavy atom. The second-order valence-corrected chi connectivity index (χ2v) is 3.41. The van der Waals surface area contributed by atoms with E-state index in [-0.39, 0.29) is 11.3 Å². The van der Waals surface area contributed by atoms with E-state index in [1.54, 1.807) is 12.1 Å². The van der Waals surface area contributed by atoms with Gasteiger partial charge in [0.05, 0.1) is 5.56 Å². The molecule has 0 aliphatic carbocycles. The third-order valence-electron chi connectivity index (χ3n) is 1.48. The fourth-order valence-corrected chi connectivity index (χ4v) is 1.19. The van der Waals surface area contributed by atoms with Crippen LogP contribution in [-0.2, 0) is 9.68 Å². The summed E-state index contributed by atoms with van der Waals surface area (Å²) in [5, 5.41) is 0. The molecule has 0 fully saturated rings. The predicted octanol–water partition coefficient (Wildman–Crippen LogP) is 2.28. The summed E-state index contributed by atoms with van der Waals surface area (Å²) < 4.78 is 0.729. The van der Waals surface area contributed by atoms with Crippen LogP contribution in [-0.4, -0.2) is 12.3 Å². The van der Waals surface area contributed by atoms with Crippen molar-refractivity contribution >= 4 is 28.2 Å². The first-order valence-corrected chi connectivity index (χ1v) is 4.72. The molecule has 0 amide bonds. The quantitative estimate of drug-likeness (QED) is 0.365. The van der Waals surface area contributed by atoms with E-state index >= 15 is 0 Å². The average molecular weight is 271 g/mol. The van der Waals surface area contributed by atoms with Crippen LogP contribution in [0, 0.1) is 0 Å². The molecule has 78 valence electrons. The molecule has 0 saturated heterocycles. The van der Waals surface area contributed by atoms with Crippen molar-refractivity contribution in [3.05, 3.63) is 40.9 Å². The zero-order valence-corrected chi connectivity index (χ0v) is 9.19. The molecule has 4 nitrogen and oxygen atoms in total.